The van der Waals surface area contributed by atoms with E-state index in [0.29, 0.717) is 6.54 Å². The number of hydrogen-bond acceptors (Lipinski definition) is 4. The third kappa shape index (κ3) is 3.82. The molecule has 0 saturated carbocycles. The van der Waals surface area contributed by atoms with Crippen LogP contribution in [0.4, 0.5) is 4.79 Å². The number of nitrogens with zero attached hydrogens (tertiary/aromatic N) is 4. The zero-order valence-electron chi connectivity index (χ0n) is 12.4. The van der Waals surface area contributed by atoms with Gasteiger partial charge in [-0.2, -0.15) is 5.10 Å². The van der Waals surface area contributed by atoms with Crippen molar-refractivity contribution in [1.82, 2.24) is 30.3 Å². The van der Waals surface area contributed by atoms with Crippen LogP contribution in [-0.2, 0) is 13.1 Å². The zero-order valence-corrected chi connectivity index (χ0v) is 12.4. The van der Waals surface area contributed by atoms with Crippen LogP contribution >= 0.6 is 0 Å². The van der Waals surface area contributed by atoms with Crippen LogP contribution < -0.4 is 5.32 Å². The maximum atomic E-state index is 12.1. The molecule has 3 heterocycles. The average Bonchev–Trinajstić information content (AvgIpc) is 3.08. The Morgan fingerprint density at radius 2 is 2.09 bits per heavy atom. The lowest BCUT2D eigenvalue weighted by atomic mass is 10.2. The highest BCUT2D eigenvalue weighted by molar-refractivity contribution is 5.74. The molecule has 1 aliphatic rings. The van der Waals surface area contributed by atoms with Gasteiger partial charge in [-0.1, -0.05) is 6.07 Å². The molecule has 0 aliphatic carbocycles. The van der Waals surface area contributed by atoms with Crippen LogP contribution in [0.1, 0.15) is 11.3 Å². The van der Waals surface area contributed by atoms with Gasteiger partial charge in [-0.15, -0.1) is 0 Å². The van der Waals surface area contributed by atoms with Crippen LogP contribution in [0.3, 0.4) is 0 Å². The van der Waals surface area contributed by atoms with Crippen LogP contribution in [0.25, 0.3) is 0 Å². The SMILES string of the molecule is O=C(NCc1ccn[nH]1)N1CCN(Cc2cccnc2)CC1. The summed E-state index contributed by atoms with van der Waals surface area (Å²) >= 11 is 0. The van der Waals surface area contributed by atoms with Gasteiger partial charge < -0.3 is 10.2 Å². The smallest absolute Gasteiger partial charge is 0.317 e. The highest BCUT2D eigenvalue weighted by Crippen LogP contribution is 2.07. The number of carbonyl (C=O) groups excluding carboxylic acids is 1. The van der Waals surface area contributed by atoms with Gasteiger partial charge in [0, 0.05) is 51.3 Å². The standard InChI is InChI=1S/C15H20N6O/c22-15(17-11-14-3-5-18-19-14)21-8-6-20(7-9-21)12-13-2-1-4-16-10-13/h1-5,10H,6-9,11-12H2,(H,17,22)(H,18,19). The predicted molar refractivity (Wildman–Crippen MR) is 81.9 cm³/mol. The molecule has 0 spiro atoms. The lowest BCUT2D eigenvalue weighted by Gasteiger charge is -2.34. The number of amides is 2. The molecule has 116 valence electrons. The van der Waals surface area contributed by atoms with Crippen molar-refractivity contribution in [3.63, 3.8) is 0 Å². The van der Waals surface area contributed by atoms with Crippen LogP contribution in [0, 0.1) is 0 Å². The van der Waals surface area contributed by atoms with E-state index in [4.69, 9.17) is 0 Å². The van der Waals surface area contributed by atoms with Gasteiger partial charge in [-0.25, -0.2) is 4.79 Å². The van der Waals surface area contributed by atoms with Gasteiger partial charge in [-0.05, 0) is 17.7 Å². The summed E-state index contributed by atoms with van der Waals surface area (Å²) < 4.78 is 0. The van der Waals surface area contributed by atoms with Gasteiger partial charge in [0.1, 0.15) is 0 Å². The summed E-state index contributed by atoms with van der Waals surface area (Å²) in [4.78, 5) is 20.4. The minimum absolute atomic E-state index is 0.0179. The Hall–Kier alpha value is -2.41. The van der Waals surface area contributed by atoms with E-state index in [-0.39, 0.29) is 6.03 Å². The highest BCUT2D eigenvalue weighted by atomic mass is 16.2. The number of carbonyl (C=O) groups is 1. The Kier molecular flexibility index (Phi) is 4.65. The first-order valence-electron chi connectivity index (χ1n) is 7.43. The Morgan fingerprint density at radius 3 is 2.77 bits per heavy atom. The Balaban J connectivity index is 1.42. The minimum Gasteiger partial charge on any atom is -0.332 e. The molecular formula is C15H20N6O. The number of urea groups is 1. The van der Waals surface area contributed by atoms with Crippen molar-refractivity contribution in [2.75, 3.05) is 26.2 Å². The molecule has 2 aromatic rings. The summed E-state index contributed by atoms with van der Waals surface area (Å²) in [5, 5.41) is 9.60. The lowest BCUT2D eigenvalue weighted by Crippen LogP contribution is -2.51. The normalized spacial score (nSPS) is 15.7. The van der Waals surface area contributed by atoms with Gasteiger partial charge in [0.05, 0.1) is 12.2 Å². The molecule has 7 heteroatoms. The molecule has 1 aliphatic heterocycles. The number of pyridine rings is 1. The van der Waals surface area contributed by atoms with Crippen molar-refractivity contribution in [1.29, 1.82) is 0 Å². The van der Waals surface area contributed by atoms with Crippen molar-refractivity contribution < 1.29 is 4.79 Å². The molecule has 3 rings (SSSR count). The van der Waals surface area contributed by atoms with E-state index in [1.165, 1.54) is 5.56 Å². The maximum Gasteiger partial charge on any atom is 0.317 e. The second-order valence-electron chi connectivity index (χ2n) is 5.37. The van der Waals surface area contributed by atoms with Crippen molar-refractivity contribution >= 4 is 6.03 Å². The summed E-state index contributed by atoms with van der Waals surface area (Å²) in [6, 6.07) is 5.87. The summed E-state index contributed by atoms with van der Waals surface area (Å²) in [6.45, 7) is 4.62. The van der Waals surface area contributed by atoms with Gasteiger partial charge in [0.2, 0.25) is 0 Å². The fourth-order valence-electron chi connectivity index (χ4n) is 2.52. The molecule has 2 amide bonds. The third-order valence-electron chi connectivity index (χ3n) is 3.78. The minimum atomic E-state index is -0.0179. The van der Waals surface area contributed by atoms with Gasteiger partial charge in [0.25, 0.3) is 0 Å². The first-order valence-corrected chi connectivity index (χ1v) is 7.43. The highest BCUT2D eigenvalue weighted by Gasteiger charge is 2.20. The number of aromatic amines is 1. The van der Waals surface area contributed by atoms with E-state index in [2.05, 4.69) is 31.5 Å². The molecule has 1 saturated heterocycles. The van der Waals surface area contributed by atoms with Gasteiger partial charge in [0.15, 0.2) is 0 Å². The number of piperazine rings is 1. The molecule has 0 atom stereocenters. The van der Waals surface area contributed by atoms with Crippen molar-refractivity contribution in [3.05, 3.63) is 48.0 Å². The monoisotopic (exact) mass is 300 g/mol. The number of nitrogens with one attached hydrogen (secondary N) is 2. The van der Waals surface area contributed by atoms with Crippen molar-refractivity contribution in [2.24, 2.45) is 0 Å². The van der Waals surface area contributed by atoms with Crippen LogP contribution in [0.2, 0.25) is 0 Å². The molecule has 0 aromatic carbocycles. The van der Waals surface area contributed by atoms with Gasteiger partial charge in [-0.3, -0.25) is 15.0 Å². The molecule has 2 N–H and O–H groups in total. The zero-order chi connectivity index (χ0) is 15.2. The third-order valence-corrected chi connectivity index (χ3v) is 3.78. The van der Waals surface area contributed by atoms with Crippen molar-refractivity contribution in [2.45, 2.75) is 13.1 Å². The average molecular weight is 300 g/mol. The van der Waals surface area contributed by atoms with E-state index in [9.17, 15) is 4.79 Å². The maximum absolute atomic E-state index is 12.1. The Labute approximate surface area is 129 Å². The number of aromatic nitrogens is 3. The Morgan fingerprint density at radius 1 is 1.23 bits per heavy atom. The summed E-state index contributed by atoms with van der Waals surface area (Å²) in [6.07, 6.45) is 5.35. The summed E-state index contributed by atoms with van der Waals surface area (Å²) in [5.74, 6) is 0. The van der Waals surface area contributed by atoms with E-state index in [1.54, 1.807) is 12.4 Å². The quantitative estimate of drug-likeness (QED) is 0.877. The molecule has 1 fully saturated rings. The largest absolute Gasteiger partial charge is 0.332 e. The molecule has 0 radical (unpaired) electrons. The number of H-pyrrole nitrogens is 1. The first-order chi connectivity index (χ1) is 10.8. The van der Waals surface area contributed by atoms with E-state index < -0.39 is 0 Å². The second kappa shape index (κ2) is 7.04. The molecule has 2 aromatic heterocycles. The number of hydrogen-bond donors (Lipinski definition) is 2. The molecule has 7 nitrogen and oxygen atoms in total. The molecule has 22 heavy (non-hydrogen) atoms. The molecular weight excluding hydrogens is 280 g/mol. The van der Waals surface area contributed by atoms with Crippen LogP contribution in [0.5, 0.6) is 0 Å². The molecule has 0 bridgehead atoms. The van der Waals surface area contributed by atoms with Crippen LogP contribution in [0.15, 0.2) is 36.8 Å². The molecule has 0 unspecified atom stereocenters. The van der Waals surface area contributed by atoms with E-state index >= 15 is 0 Å². The summed E-state index contributed by atoms with van der Waals surface area (Å²) in [5.41, 5.74) is 2.11. The first kappa shape index (κ1) is 14.5. The number of rotatable bonds is 4. The van der Waals surface area contributed by atoms with Gasteiger partial charge >= 0.3 is 6.03 Å². The topological polar surface area (TPSA) is 77.2 Å². The van der Waals surface area contributed by atoms with Crippen molar-refractivity contribution in [3.8, 4) is 0 Å². The summed E-state index contributed by atoms with van der Waals surface area (Å²) in [7, 11) is 0. The Bertz CT molecular complexity index is 577. The fraction of sp³-hybridized carbons (Fsp3) is 0.400. The lowest BCUT2D eigenvalue weighted by molar-refractivity contribution is 0.135. The second-order valence-corrected chi connectivity index (χ2v) is 5.37. The van der Waals surface area contributed by atoms with Crippen LogP contribution in [-0.4, -0.2) is 57.2 Å². The fourth-order valence-corrected chi connectivity index (χ4v) is 2.52. The predicted octanol–water partition coefficient (Wildman–Crippen LogP) is 0.832. The van der Waals surface area contributed by atoms with E-state index in [0.717, 1.165) is 38.4 Å². The van der Waals surface area contributed by atoms with E-state index in [1.807, 2.05) is 23.2 Å².